The van der Waals surface area contributed by atoms with Gasteiger partial charge in [0.05, 0.1) is 0 Å². The number of ether oxygens (including phenoxy) is 1. The van der Waals surface area contributed by atoms with Gasteiger partial charge >= 0.3 is 168 Å². The molecule has 0 aromatic carbocycles. The first-order valence-electron chi connectivity index (χ1n) is 8.19. The van der Waals surface area contributed by atoms with Crippen molar-refractivity contribution in [2.75, 3.05) is 25.6 Å². The zero-order valence-corrected chi connectivity index (χ0v) is 20.2. The molecule has 4 aliphatic heterocycles. The van der Waals surface area contributed by atoms with Crippen molar-refractivity contribution in [3.05, 3.63) is 0 Å². The topological polar surface area (TPSA) is 64.6 Å². The van der Waals surface area contributed by atoms with E-state index in [1.54, 1.807) is 11.8 Å². The molecule has 0 amide bonds. The van der Waals surface area contributed by atoms with Crippen LogP contribution in [0.5, 0.6) is 0 Å². The minimum atomic E-state index is -2.54. The Labute approximate surface area is 167 Å². The quantitative estimate of drug-likeness (QED) is 0.397. The van der Waals surface area contributed by atoms with Crippen LogP contribution in [-0.2, 0) is 31.9 Å². The van der Waals surface area contributed by atoms with Crippen molar-refractivity contribution in [1.82, 2.24) is 0 Å². The standard InChI is InChI=1S/C13H22O7P2SSe2/c1-4-23-12-11(20-21(24)15-6-13(2,3)7-16-21)10-9(17-12)8-5-14-22(25,18-8)19-10/h8-12H,4-7H2,1-3H3/t8-,9+,10-,11+,12+,22?/m0/s1. The third kappa shape index (κ3) is 4.15. The predicted octanol–water partition coefficient (Wildman–Crippen LogP) is 2.43. The average Bonchev–Trinajstić information content (AvgIpc) is 3.04. The molecule has 0 N–H and O–H groups in total. The Hall–Kier alpha value is 1.97. The van der Waals surface area contributed by atoms with Crippen LogP contribution in [0.1, 0.15) is 20.8 Å². The monoisotopic (exact) mass is 544 g/mol. The number of rotatable bonds is 4. The van der Waals surface area contributed by atoms with Gasteiger partial charge in [0.1, 0.15) is 0 Å². The van der Waals surface area contributed by atoms with Crippen molar-refractivity contribution in [3.8, 4) is 0 Å². The van der Waals surface area contributed by atoms with Gasteiger partial charge in [-0.1, -0.05) is 0 Å². The van der Waals surface area contributed by atoms with Crippen molar-refractivity contribution in [1.29, 1.82) is 0 Å². The van der Waals surface area contributed by atoms with Crippen LogP contribution in [0.4, 0.5) is 0 Å². The van der Waals surface area contributed by atoms with Crippen LogP contribution in [-0.4, -0.2) is 85.6 Å². The van der Waals surface area contributed by atoms with Gasteiger partial charge in [-0.15, -0.1) is 0 Å². The number of fused-ring (bicyclic) bond motifs is 4. The number of hydrogen-bond acceptors (Lipinski definition) is 8. The molecular formula is C13H22O7P2SSe2. The Morgan fingerprint density at radius 2 is 1.84 bits per heavy atom. The summed E-state index contributed by atoms with van der Waals surface area (Å²) in [6.45, 7) is 7.99. The number of hydrogen-bond donors (Lipinski definition) is 0. The van der Waals surface area contributed by atoms with E-state index in [9.17, 15) is 0 Å². The van der Waals surface area contributed by atoms with E-state index in [0.717, 1.165) is 5.75 Å². The van der Waals surface area contributed by atoms with Gasteiger partial charge in [0.2, 0.25) is 0 Å². The molecule has 0 saturated carbocycles. The second kappa shape index (κ2) is 7.34. The van der Waals surface area contributed by atoms with Crippen LogP contribution in [0.15, 0.2) is 0 Å². The Balaban J connectivity index is 1.54. The fraction of sp³-hybridized carbons (Fsp3) is 1.00. The Bertz CT molecular complexity index is 621. The molecule has 4 aliphatic rings. The normalized spacial score (nSPS) is 47.6. The molecule has 0 aromatic rings. The van der Waals surface area contributed by atoms with Crippen LogP contribution in [0.2, 0.25) is 0 Å². The molecule has 0 radical (unpaired) electrons. The average molecular weight is 542 g/mol. The first kappa shape index (κ1) is 20.3. The van der Waals surface area contributed by atoms with Gasteiger partial charge in [-0.2, -0.15) is 0 Å². The molecule has 0 aromatic heterocycles. The summed E-state index contributed by atoms with van der Waals surface area (Å²) in [6.07, 6.45) is -5.81. The zero-order chi connectivity index (χ0) is 17.9. The fourth-order valence-corrected chi connectivity index (χ4v) is 10.3. The van der Waals surface area contributed by atoms with Gasteiger partial charge in [0.15, 0.2) is 0 Å². The second-order valence-corrected chi connectivity index (χ2v) is 17.3. The summed E-state index contributed by atoms with van der Waals surface area (Å²) in [4.78, 5) is 0. The zero-order valence-electron chi connectivity index (χ0n) is 14.2. The molecule has 0 spiro atoms. The maximum atomic E-state index is 6.37. The van der Waals surface area contributed by atoms with Gasteiger partial charge in [-0.3, -0.25) is 0 Å². The SMILES string of the molecule is CCS[C@H]1O[C@H]2[C@H](OP3(=[Se])OC[C@@H]2O3)[C@H]1OP1(=[Se])OCC(C)(C)CO1. The molecule has 1 unspecified atom stereocenters. The molecule has 4 fully saturated rings. The minimum absolute atomic E-state index is 0.0148. The molecule has 4 heterocycles. The molecule has 7 nitrogen and oxygen atoms in total. The van der Waals surface area contributed by atoms with Crippen LogP contribution < -0.4 is 0 Å². The summed E-state index contributed by atoms with van der Waals surface area (Å²) in [7, 11) is 0. The van der Waals surface area contributed by atoms with Crippen LogP contribution in [0, 0.1) is 5.41 Å². The van der Waals surface area contributed by atoms with E-state index in [1.165, 1.54) is 0 Å². The van der Waals surface area contributed by atoms with Crippen molar-refractivity contribution >= 4 is 54.3 Å². The fourth-order valence-electron chi connectivity index (χ4n) is 3.03. The summed E-state index contributed by atoms with van der Waals surface area (Å²) in [5.74, 6) is 0.915. The Morgan fingerprint density at radius 3 is 2.52 bits per heavy atom. The Morgan fingerprint density at radius 1 is 1.12 bits per heavy atom. The van der Waals surface area contributed by atoms with Gasteiger partial charge in [-0.25, -0.2) is 0 Å². The molecule has 2 bridgehead atoms. The van der Waals surface area contributed by atoms with Crippen molar-refractivity contribution in [2.45, 2.75) is 50.6 Å². The first-order chi connectivity index (χ1) is 11.7. The molecule has 4 rings (SSSR count). The van der Waals surface area contributed by atoms with Crippen molar-refractivity contribution in [3.63, 3.8) is 0 Å². The molecule has 0 aliphatic carbocycles. The molecule has 12 heteroatoms. The van der Waals surface area contributed by atoms with Gasteiger partial charge in [0.25, 0.3) is 0 Å². The summed E-state index contributed by atoms with van der Waals surface area (Å²) >= 11 is 7.68. The van der Waals surface area contributed by atoms with Gasteiger partial charge in [0, 0.05) is 0 Å². The summed E-state index contributed by atoms with van der Waals surface area (Å²) in [6, 6.07) is 0. The third-order valence-electron chi connectivity index (χ3n) is 4.29. The summed E-state index contributed by atoms with van der Waals surface area (Å²) in [5, 5.41) is 0. The molecule has 4 saturated heterocycles. The number of thioether (sulfide) groups is 1. The maximum absolute atomic E-state index is 6.37. The second-order valence-electron chi connectivity index (χ2n) is 7.11. The predicted molar refractivity (Wildman–Crippen MR) is 98.4 cm³/mol. The van der Waals surface area contributed by atoms with E-state index in [0.29, 0.717) is 19.8 Å². The van der Waals surface area contributed by atoms with E-state index in [-0.39, 0.29) is 35.3 Å². The van der Waals surface area contributed by atoms with Gasteiger partial charge in [-0.05, 0) is 0 Å². The van der Waals surface area contributed by atoms with E-state index in [2.05, 4.69) is 51.0 Å². The van der Waals surface area contributed by atoms with Crippen LogP contribution in [0.3, 0.4) is 0 Å². The van der Waals surface area contributed by atoms with E-state index in [1.807, 2.05) is 0 Å². The van der Waals surface area contributed by atoms with E-state index < -0.39 is 12.4 Å². The third-order valence-corrected chi connectivity index (χ3v) is 11.8. The van der Waals surface area contributed by atoms with Gasteiger partial charge < -0.3 is 0 Å². The molecule has 6 atom stereocenters. The Kier molecular flexibility index (Phi) is 5.94. The van der Waals surface area contributed by atoms with E-state index in [4.69, 9.17) is 31.9 Å². The molecule has 25 heavy (non-hydrogen) atoms. The molecule has 144 valence electrons. The van der Waals surface area contributed by atoms with Crippen molar-refractivity contribution < 1.29 is 31.9 Å². The van der Waals surface area contributed by atoms with Crippen LogP contribution in [0.25, 0.3) is 0 Å². The van der Waals surface area contributed by atoms with E-state index >= 15 is 0 Å². The summed E-state index contributed by atoms with van der Waals surface area (Å²) in [5.41, 5.74) is -0.165. The van der Waals surface area contributed by atoms with Crippen molar-refractivity contribution in [2.24, 2.45) is 5.41 Å². The first-order valence-corrected chi connectivity index (χ1v) is 16.8. The molecular weight excluding hydrogens is 520 g/mol. The van der Waals surface area contributed by atoms with Crippen LogP contribution >= 0.6 is 24.1 Å². The summed E-state index contributed by atoms with van der Waals surface area (Å²) < 4.78 is 42.3.